The van der Waals surface area contributed by atoms with Crippen molar-refractivity contribution in [1.82, 2.24) is 9.97 Å². The average molecular weight is 351 g/mol. The Bertz CT molecular complexity index is 619. The van der Waals surface area contributed by atoms with Gasteiger partial charge in [0, 0.05) is 28.3 Å². The summed E-state index contributed by atoms with van der Waals surface area (Å²) >= 11 is 3.48. The lowest BCUT2D eigenvalue weighted by Gasteiger charge is -2.14. The van der Waals surface area contributed by atoms with Crippen molar-refractivity contribution in [2.24, 2.45) is 0 Å². The van der Waals surface area contributed by atoms with Crippen LogP contribution in [-0.2, 0) is 6.42 Å². The smallest absolute Gasteiger partial charge is 0.139 e. The summed E-state index contributed by atoms with van der Waals surface area (Å²) in [5, 5.41) is 6.60. The molecule has 5 nitrogen and oxygen atoms in total. The number of hydrogen-bond donors (Lipinski definition) is 2. The fourth-order valence-corrected chi connectivity index (χ4v) is 2.54. The van der Waals surface area contributed by atoms with Gasteiger partial charge in [-0.1, -0.05) is 22.9 Å². The molecule has 0 aliphatic carbocycles. The molecule has 0 radical (unpaired) electrons. The molecule has 0 amide bonds. The molecule has 0 unspecified atom stereocenters. The van der Waals surface area contributed by atoms with Gasteiger partial charge in [0.2, 0.25) is 0 Å². The molecule has 0 spiro atoms. The molecule has 2 aromatic rings. The lowest BCUT2D eigenvalue weighted by Crippen LogP contribution is -2.07. The largest absolute Gasteiger partial charge is 0.497 e. The number of rotatable bonds is 6. The molecular formula is C15H19BrN4O. The van der Waals surface area contributed by atoms with Crippen molar-refractivity contribution >= 4 is 33.3 Å². The summed E-state index contributed by atoms with van der Waals surface area (Å²) in [5.41, 5.74) is 1.98. The number of halogens is 1. The van der Waals surface area contributed by atoms with Gasteiger partial charge in [-0.05, 0) is 25.5 Å². The van der Waals surface area contributed by atoms with E-state index in [0.717, 1.165) is 46.1 Å². The standard InChI is InChI=1S/C15H19BrN4O/c1-4-13-14(17-5-2)18-9-19-15(13)20-11-6-10(16)7-12(8-11)21-3/h6-9H,4-5H2,1-3H3,(H2,17,18,19,20). The van der Waals surface area contributed by atoms with Gasteiger partial charge in [-0.25, -0.2) is 9.97 Å². The van der Waals surface area contributed by atoms with E-state index in [4.69, 9.17) is 4.74 Å². The second kappa shape index (κ2) is 7.26. The van der Waals surface area contributed by atoms with E-state index >= 15 is 0 Å². The van der Waals surface area contributed by atoms with Crippen LogP contribution in [-0.4, -0.2) is 23.6 Å². The third-order valence-electron chi connectivity index (χ3n) is 3.01. The Labute approximate surface area is 133 Å². The monoisotopic (exact) mass is 350 g/mol. The van der Waals surface area contributed by atoms with E-state index in [0.29, 0.717) is 0 Å². The second-order valence-electron chi connectivity index (χ2n) is 4.44. The summed E-state index contributed by atoms with van der Waals surface area (Å²) in [4.78, 5) is 8.65. The van der Waals surface area contributed by atoms with Gasteiger partial charge in [0.1, 0.15) is 23.7 Å². The second-order valence-corrected chi connectivity index (χ2v) is 5.35. The molecule has 112 valence electrons. The molecule has 2 N–H and O–H groups in total. The number of aromatic nitrogens is 2. The predicted octanol–water partition coefficient (Wildman–Crippen LogP) is 3.99. The highest BCUT2D eigenvalue weighted by Gasteiger charge is 2.10. The zero-order valence-corrected chi connectivity index (χ0v) is 14.0. The topological polar surface area (TPSA) is 59.1 Å². The number of anilines is 3. The van der Waals surface area contributed by atoms with Crippen LogP contribution in [0.1, 0.15) is 19.4 Å². The van der Waals surface area contributed by atoms with E-state index < -0.39 is 0 Å². The van der Waals surface area contributed by atoms with Crippen LogP contribution in [0.3, 0.4) is 0 Å². The first kappa shape index (κ1) is 15.6. The van der Waals surface area contributed by atoms with E-state index in [1.165, 1.54) is 0 Å². The average Bonchev–Trinajstić information content (AvgIpc) is 2.47. The highest BCUT2D eigenvalue weighted by Crippen LogP contribution is 2.29. The van der Waals surface area contributed by atoms with Gasteiger partial charge >= 0.3 is 0 Å². The maximum Gasteiger partial charge on any atom is 0.139 e. The number of nitrogens with one attached hydrogen (secondary N) is 2. The van der Waals surface area contributed by atoms with Crippen molar-refractivity contribution in [3.63, 3.8) is 0 Å². The van der Waals surface area contributed by atoms with Crippen LogP contribution in [0.15, 0.2) is 29.0 Å². The van der Waals surface area contributed by atoms with Gasteiger partial charge in [0.25, 0.3) is 0 Å². The van der Waals surface area contributed by atoms with E-state index in [1.54, 1.807) is 13.4 Å². The Kier molecular flexibility index (Phi) is 5.38. The first-order valence-electron chi connectivity index (χ1n) is 6.87. The van der Waals surface area contributed by atoms with Gasteiger partial charge in [-0.15, -0.1) is 0 Å². The highest BCUT2D eigenvalue weighted by atomic mass is 79.9. The zero-order chi connectivity index (χ0) is 15.2. The molecule has 0 saturated carbocycles. The van der Waals surface area contributed by atoms with Crippen LogP contribution in [0.25, 0.3) is 0 Å². The fourth-order valence-electron chi connectivity index (χ4n) is 2.06. The van der Waals surface area contributed by atoms with Crippen molar-refractivity contribution in [3.8, 4) is 5.75 Å². The van der Waals surface area contributed by atoms with Crippen LogP contribution in [0.2, 0.25) is 0 Å². The Morgan fingerprint density at radius 3 is 2.57 bits per heavy atom. The molecule has 2 rings (SSSR count). The minimum Gasteiger partial charge on any atom is -0.497 e. The maximum atomic E-state index is 5.28. The maximum absolute atomic E-state index is 5.28. The molecule has 0 fully saturated rings. The van der Waals surface area contributed by atoms with E-state index in [2.05, 4.69) is 43.5 Å². The third-order valence-corrected chi connectivity index (χ3v) is 3.47. The summed E-state index contributed by atoms with van der Waals surface area (Å²) in [6.07, 6.45) is 2.41. The molecule has 6 heteroatoms. The first-order chi connectivity index (χ1) is 10.2. The molecule has 0 bridgehead atoms. The SMILES string of the molecule is CCNc1ncnc(Nc2cc(Br)cc(OC)c2)c1CC. The van der Waals surface area contributed by atoms with E-state index in [-0.39, 0.29) is 0 Å². The molecule has 0 aliphatic heterocycles. The summed E-state index contributed by atoms with van der Waals surface area (Å²) in [6, 6.07) is 5.83. The minimum atomic E-state index is 0.783. The van der Waals surface area contributed by atoms with Crippen LogP contribution in [0.5, 0.6) is 5.75 Å². The Morgan fingerprint density at radius 1 is 1.14 bits per heavy atom. The first-order valence-corrected chi connectivity index (χ1v) is 7.66. The van der Waals surface area contributed by atoms with Crippen LogP contribution in [0.4, 0.5) is 17.3 Å². The summed E-state index contributed by atoms with van der Waals surface area (Å²) in [5.74, 6) is 2.47. The van der Waals surface area contributed by atoms with Crippen molar-refractivity contribution in [1.29, 1.82) is 0 Å². The van der Waals surface area contributed by atoms with Crippen molar-refractivity contribution < 1.29 is 4.74 Å². The Hall–Kier alpha value is -1.82. The number of nitrogens with zero attached hydrogens (tertiary/aromatic N) is 2. The molecule has 1 heterocycles. The fraction of sp³-hybridized carbons (Fsp3) is 0.333. The quantitative estimate of drug-likeness (QED) is 0.824. The molecular weight excluding hydrogens is 332 g/mol. The number of ether oxygens (including phenoxy) is 1. The summed E-state index contributed by atoms with van der Waals surface area (Å²) in [6.45, 7) is 4.97. The normalized spacial score (nSPS) is 10.3. The van der Waals surface area contributed by atoms with Crippen LogP contribution in [0, 0.1) is 0 Å². The van der Waals surface area contributed by atoms with Gasteiger partial charge in [-0.2, -0.15) is 0 Å². The zero-order valence-electron chi connectivity index (χ0n) is 12.4. The van der Waals surface area contributed by atoms with Gasteiger partial charge in [0.05, 0.1) is 7.11 Å². The van der Waals surface area contributed by atoms with Crippen LogP contribution >= 0.6 is 15.9 Å². The van der Waals surface area contributed by atoms with Crippen molar-refractivity contribution in [2.45, 2.75) is 20.3 Å². The highest BCUT2D eigenvalue weighted by molar-refractivity contribution is 9.10. The summed E-state index contributed by atoms with van der Waals surface area (Å²) < 4.78 is 6.22. The molecule has 1 aromatic carbocycles. The lowest BCUT2D eigenvalue weighted by atomic mass is 10.2. The lowest BCUT2D eigenvalue weighted by molar-refractivity contribution is 0.415. The summed E-state index contributed by atoms with van der Waals surface area (Å²) in [7, 11) is 1.65. The Balaban J connectivity index is 2.35. The van der Waals surface area contributed by atoms with Gasteiger partial charge in [0.15, 0.2) is 0 Å². The predicted molar refractivity (Wildman–Crippen MR) is 89.6 cm³/mol. The number of hydrogen-bond acceptors (Lipinski definition) is 5. The molecule has 0 aliphatic rings. The van der Waals surface area contributed by atoms with Gasteiger partial charge < -0.3 is 15.4 Å². The number of benzene rings is 1. The van der Waals surface area contributed by atoms with Gasteiger partial charge in [-0.3, -0.25) is 0 Å². The van der Waals surface area contributed by atoms with E-state index in [1.807, 2.05) is 25.1 Å². The van der Waals surface area contributed by atoms with Crippen LogP contribution < -0.4 is 15.4 Å². The third kappa shape index (κ3) is 3.85. The van der Waals surface area contributed by atoms with Crippen molar-refractivity contribution in [3.05, 3.63) is 34.6 Å². The van der Waals surface area contributed by atoms with Crippen molar-refractivity contribution in [2.75, 3.05) is 24.3 Å². The molecule has 0 saturated heterocycles. The minimum absolute atomic E-state index is 0.783. The Morgan fingerprint density at radius 2 is 1.90 bits per heavy atom. The molecule has 1 aromatic heterocycles. The number of methoxy groups -OCH3 is 1. The molecule has 21 heavy (non-hydrogen) atoms. The van der Waals surface area contributed by atoms with E-state index in [9.17, 15) is 0 Å². The molecule has 0 atom stereocenters.